The van der Waals surface area contributed by atoms with Gasteiger partial charge >= 0.3 is 16.5 Å². The second-order valence-electron chi connectivity index (χ2n) is 11.9. The Kier molecular flexibility index (Phi) is 22.3. The molecule has 0 N–H and O–H groups in total. The van der Waals surface area contributed by atoms with Gasteiger partial charge in [-0.3, -0.25) is 0 Å². The maximum Gasteiger partial charge on any atom is 2.00 e. The van der Waals surface area contributed by atoms with Crippen LogP contribution in [0, 0.1) is 14.9 Å². The van der Waals surface area contributed by atoms with E-state index < -0.39 is 0 Å². The third kappa shape index (κ3) is 12.5. The van der Waals surface area contributed by atoms with Crippen LogP contribution in [0.2, 0.25) is 0 Å². The van der Waals surface area contributed by atoms with E-state index >= 15 is 0 Å². The third-order valence-corrected chi connectivity index (χ3v) is 8.51. The Morgan fingerprint density at radius 2 is 0.767 bits per heavy atom. The van der Waals surface area contributed by atoms with Crippen LogP contribution in [-0.2, 0) is 29.3 Å². The Morgan fingerprint density at radius 3 is 1.19 bits per heavy atom. The maximum atomic E-state index is 11.9. The average molecular weight is 630 g/mol. The monoisotopic (exact) mass is 628 g/mol. The molecule has 0 amide bonds. The molecule has 0 saturated carbocycles. The number of allylic oxidation sites excluding steroid dienone is 2. The van der Waals surface area contributed by atoms with E-state index in [0.29, 0.717) is 0 Å². The summed E-state index contributed by atoms with van der Waals surface area (Å²) in [7, 11) is 0. The van der Waals surface area contributed by atoms with Gasteiger partial charge < -0.3 is 20.4 Å². The summed E-state index contributed by atoms with van der Waals surface area (Å²) in [5.41, 5.74) is 21.7. The van der Waals surface area contributed by atoms with Gasteiger partial charge in [-0.2, -0.15) is 0 Å². The van der Waals surface area contributed by atoms with E-state index in [4.69, 9.17) is 0 Å². The smallest absolute Gasteiger partial charge is 0.493 e. The Morgan fingerprint density at radius 1 is 0.442 bits per heavy atom. The first-order valence-electron chi connectivity index (χ1n) is 16.8. The van der Waals surface area contributed by atoms with E-state index in [1.54, 1.807) is 4.70 Å². The molecule has 3 heteroatoms. The molecular formula is C40H62N2Ni. The molecule has 2 aromatic carbocycles. The zero-order chi connectivity index (χ0) is 28.6. The number of hydrogen-bond donors (Lipinski definition) is 0. The van der Waals surface area contributed by atoms with Gasteiger partial charge in [0.05, 0.1) is 0 Å². The van der Waals surface area contributed by atoms with Crippen LogP contribution in [0.4, 0.5) is 0 Å². The molecular weight excluding hydrogens is 567 g/mol. The summed E-state index contributed by atoms with van der Waals surface area (Å²) in [4.78, 5) is 0. The number of rotatable bonds is 20. The van der Waals surface area contributed by atoms with Crippen molar-refractivity contribution in [2.45, 2.75) is 143 Å². The van der Waals surface area contributed by atoms with E-state index in [2.05, 4.69) is 76.2 Å². The minimum atomic E-state index is 0. The van der Waals surface area contributed by atoms with Crippen molar-refractivity contribution in [3.05, 3.63) is 102 Å². The Bertz CT molecular complexity index is 1090. The van der Waals surface area contributed by atoms with E-state index in [1.807, 2.05) is 0 Å². The standard InChI is InChI=1S/C38H56N2.2CH3.Ni/c1-5-9-13-14-15-18-22-36-35(21-12-8-4)37(33-27-23-31(24-28-33)19-16-10-6-2)40(39)38(36)34-29-25-32(26-30-34)20-17-11-7-3;;;/h23-30H,5-22H2,1-4H3;2*1H3;/q;2*-1;+2. The van der Waals surface area contributed by atoms with Crippen LogP contribution >= 0.6 is 0 Å². The van der Waals surface area contributed by atoms with E-state index in [1.165, 1.54) is 99.3 Å². The van der Waals surface area contributed by atoms with Crippen molar-refractivity contribution in [2.24, 2.45) is 0 Å². The van der Waals surface area contributed by atoms with Crippen LogP contribution in [0.25, 0.3) is 16.9 Å². The molecule has 0 spiro atoms. The summed E-state index contributed by atoms with van der Waals surface area (Å²) in [6.07, 6.45) is 21.9. The molecule has 1 heterocycles. The van der Waals surface area contributed by atoms with E-state index in [-0.39, 0.29) is 31.3 Å². The normalized spacial score (nSPS) is 12.7. The zero-order valence-electron chi connectivity index (χ0n) is 28.6. The van der Waals surface area contributed by atoms with Crippen molar-refractivity contribution in [1.82, 2.24) is 0 Å². The first kappa shape index (κ1) is 41.0. The molecule has 0 unspecified atom stereocenters. The maximum absolute atomic E-state index is 11.9. The van der Waals surface area contributed by atoms with Gasteiger partial charge in [-0.05, 0) is 86.8 Å². The molecule has 242 valence electrons. The fourth-order valence-corrected chi connectivity index (χ4v) is 6.04. The molecule has 0 fully saturated rings. The van der Waals surface area contributed by atoms with Gasteiger partial charge in [0.15, 0.2) is 0 Å². The quantitative estimate of drug-likeness (QED) is 0.0603. The molecule has 0 radical (unpaired) electrons. The Balaban J connectivity index is 0.00000588. The summed E-state index contributed by atoms with van der Waals surface area (Å²) in [5, 5.41) is 0. The van der Waals surface area contributed by atoms with E-state index in [9.17, 15) is 5.53 Å². The van der Waals surface area contributed by atoms with Gasteiger partial charge in [0.2, 0.25) is 11.4 Å². The van der Waals surface area contributed by atoms with Crippen LogP contribution in [0.15, 0.2) is 59.7 Å². The van der Waals surface area contributed by atoms with Gasteiger partial charge in [0.1, 0.15) is 0 Å². The molecule has 2 aromatic rings. The molecule has 3 rings (SSSR count). The molecule has 0 bridgehead atoms. The van der Waals surface area contributed by atoms with Crippen molar-refractivity contribution in [3.8, 4) is 0 Å². The van der Waals surface area contributed by atoms with Crippen molar-refractivity contribution in [1.29, 1.82) is 0 Å². The fraction of sp³-hybridized carbons (Fsp3) is 0.550. The third-order valence-electron chi connectivity index (χ3n) is 8.51. The second kappa shape index (κ2) is 23.4. The second-order valence-corrected chi connectivity index (χ2v) is 11.9. The van der Waals surface area contributed by atoms with Crippen molar-refractivity contribution < 1.29 is 21.2 Å². The van der Waals surface area contributed by atoms with Crippen molar-refractivity contribution >= 4 is 11.4 Å². The van der Waals surface area contributed by atoms with Crippen molar-refractivity contribution in [2.75, 3.05) is 0 Å². The van der Waals surface area contributed by atoms with Gasteiger partial charge in [0, 0.05) is 22.3 Å². The number of aryl methyl sites for hydroxylation is 2. The Hall–Kier alpha value is -1.99. The molecule has 1 aliphatic heterocycles. The van der Waals surface area contributed by atoms with Crippen LogP contribution in [0.3, 0.4) is 0 Å². The number of benzene rings is 2. The molecule has 0 aliphatic carbocycles. The molecule has 0 aromatic heterocycles. The minimum absolute atomic E-state index is 0. The van der Waals surface area contributed by atoms with Crippen LogP contribution in [0.5, 0.6) is 0 Å². The molecule has 43 heavy (non-hydrogen) atoms. The topological polar surface area (TPSA) is 25.3 Å². The minimum Gasteiger partial charge on any atom is -0.493 e. The van der Waals surface area contributed by atoms with Crippen LogP contribution in [0.1, 0.15) is 153 Å². The number of nitrogens with zero attached hydrogens (tertiary/aromatic N) is 2. The van der Waals surface area contributed by atoms with Gasteiger partial charge in [-0.1, -0.05) is 116 Å². The zero-order valence-corrected chi connectivity index (χ0v) is 29.5. The molecule has 0 atom stereocenters. The summed E-state index contributed by atoms with van der Waals surface area (Å²) < 4.78 is 1.55. The first-order chi connectivity index (χ1) is 19.6. The van der Waals surface area contributed by atoms with Gasteiger partial charge in [0.25, 0.3) is 0 Å². The fourth-order valence-electron chi connectivity index (χ4n) is 6.04. The average Bonchev–Trinajstić information content (AvgIpc) is 3.25. The summed E-state index contributed by atoms with van der Waals surface area (Å²) in [6.45, 7) is 9.07. The van der Waals surface area contributed by atoms with Crippen LogP contribution < -0.4 is 0 Å². The van der Waals surface area contributed by atoms with E-state index in [0.717, 1.165) is 61.0 Å². The summed E-state index contributed by atoms with van der Waals surface area (Å²) in [5.74, 6) is 0. The SMILES string of the molecule is CCCCCCCCC1=C(c2ccc(CCCCC)cc2)[N+](=[N-])C(c2ccc(CCCCC)cc2)=C1CCCC.[CH3-].[CH3-].[Ni+2]. The largest absolute Gasteiger partial charge is 2.00 e. The van der Waals surface area contributed by atoms with Crippen molar-refractivity contribution in [3.63, 3.8) is 0 Å². The molecule has 0 saturated heterocycles. The predicted molar refractivity (Wildman–Crippen MR) is 187 cm³/mol. The Labute approximate surface area is 277 Å². The van der Waals surface area contributed by atoms with Crippen LogP contribution in [-0.4, -0.2) is 4.70 Å². The molecule has 1 aliphatic rings. The number of unbranched alkanes of at least 4 members (excludes halogenated alkanes) is 10. The summed E-state index contributed by atoms with van der Waals surface area (Å²) >= 11 is 0. The first-order valence-corrected chi connectivity index (χ1v) is 16.8. The number of hydrogen-bond acceptors (Lipinski definition) is 0. The predicted octanol–water partition coefficient (Wildman–Crippen LogP) is 13.2. The van der Waals surface area contributed by atoms with Gasteiger partial charge in [-0.25, -0.2) is 4.70 Å². The summed E-state index contributed by atoms with van der Waals surface area (Å²) in [6, 6.07) is 18.1. The van der Waals surface area contributed by atoms with Gasteiger partial charge in [-0.15, -0.1) is 0 Å². The molecule has 2 nitrogen and oxygen atoms in total.